The average Bonchev–Trinajstić information content (AvgIpc) is 3.41. The van der Waals surface area contributed by atoms with E-state index < -0.39 is 29.5 Å². The zero-order valence-corrected chi connectivity index (χ0v) is 26.4. The molecule has 2 amide bonds. The van der Waals surface area contributed by atoms with Crippen molar-refractivity contribution in [3.05, 3.63) is 75.8 Å². The molecule has 0 unspecified atom stereocenters. The Balaban J connectivity index is 0.00000506. The Morgan fingerprint density at radius 3 is 2.28 bits per heavy atom. The lowest BCUT2D eigenvalue weighted by Crippen LogP contribution is -2.32. The van der Waals surface area contributed by atoms with Crippen molar-refractivity contribution >= 4 is 42.4 Å². The van der Waals surface area contributed by atoms with E-state index in [1.165, 1.54) is 13.0 Å². The van der Waals surface area contributed by atoms with Crippen molar-refractivity contribution in [2.24, 2.45) is 0 Å². The van der Waals surface area contributed by atoms with E-state index in [1.807, 2.05) is 30.3 Å². The number of aromatic nitrogens is 2. The lowest BCUT2D eigenvalue weighted by atomic mass is 9.91. The Hall–Kier alpha value is -3.38. The highest BCUT2D eigenvalue weighted by Crippen LogP contribution is 2.38. The minimum absolute atomic E-state index is 0. The van der Waals surface area contributed by atoms with Crippen molar-refractivity contribution in [2.45, 2.75) is 84.2 Å². The van der Waals surface area contributed by atoms with Crippen LogP contribution >= 0.6 is 24.8 Å². The van der Waals surface area contributed by atoms with E-state index in [0.717, 1.165) is 59.8 Å². The molecule has 43 heavy (non-hydrogen) atoms. The number of carbonyl (C=O) groups excluding carboxylic acids is 2. The fraction of sp³-hybridized carbons (Fsp3) is 0.419. The van der Waals surface area contributed by atoms with Crippen LogP contribution in [-0.4, -0.2) is 27.8 Å². The van der Waals surface area contributed by atoms with Gasteiger partial charge in [0.25, 0.3) is 0 Å². The summed E-state index contributed by atoms with van der Waals surface area (Å²) in [5.41, 5.74) is 2.27. The van der Waals surface area contributed by atoms with Crippen LogP contribution in [0.3, 0.4) is 0 Å². The highest BCUT2D eigenvalue weighted by atomic mass is 32.1. The number of allylic oxidation sites excluding steroid dienone is 2. The Morgan fingerprint density at radius 2 is 1.67 bits per heavy atom. The molecule has 232 valence electrons. The predicted molar refractivity (Wildman–Crippen MR) is 167 cm³/mol. The van der Waals surface area contributed by atoms with Gasteiger partial charge in [0.1, 0.15) is 15.6 Å². The van der Waals surface area contributed by atoms with E-state index in [4.69, 9.17) is 4.74 Å². The molecule has 7 nitrogen and oxygen atoms in total. The SMILES string of the molecule is CC(=O)N[C@@H](Cc1ccc(CNC(=O)OC(C)(C)C)cc1)c1nnc(-c2cc(C3=CCCCC3)cc(C(F)(F)F)c2)s1.S. The molecule has 0 spiro atoms. The van der Waals surface area contributed by atoms with Gasteiger partial charge in [-0.25, -0.2) is 4.79 Å². The number of alkyl halides is 3. The van der Waals surface area contributed by atoms with E-state index in [9.17, 15) is 22.8 Å². The Bertz CT molecular complexity index is 1450. The number of rotatable bonds is 8. The summed E-state index contributed by atoms with van der Waals surface area (Å²) in [6.07, 6.45) is 0.972. The maximum absolute atomic E-state index is 13.8. The maximum atomic E-state index is 13.8. The van der Waals surface area contributed by atoms with Gasteiger partial charge in [0.05, 0.1) is 11.6 Å². The predicted octanol–water partition coefficient (Wildman–Crippen LogP) is 7.74. The fourth-order valence-corrected chi connectivity index (χ4v) is 5.54. The first-order chi connectivity index (χ1) is 19.8. The number of nitrogens with one attached hydrogen (secondary N) is 2. The Morgan fingerprint density at radius 1 is 1.00 bits per heavy atom. The smallest absolute Gasteiger partial charge is 0.416 e. The molecular weight excluding hydrogens is 597 g/mol. The number of carbonyl (C=O) groups is 2. The highest BCUT2D eigenvalue weighted by molar-refractivity contribution is 7.59. The van der Waals surface area contributed by atoms with Crippen LogP contribution in [0.1, 0.15) is 86.7 Å². The molecule has 1 aliphatic carbocycles. The minimum Gasteiger partial charge on any atom is -0.444 e. The van der Waals surface area contributed by atoms with Crippen molar-refractivity contribution in [3.63, 3.8) is 0 Å². The summed E-state index contributed by atoms with van der Waals surface area (Å²) >= 11 is 1.16. The molecule has 3 aromatic rings. The molecule has 0 aliphatic heterocycles. The van der Waals surface area contributed by atoms with Crippen molar-refractivity contribution < 1.29 is 27.5 Å². The first kappa shape index (κ1) is 34.1. The molecule has 0 radical (unpaired) electrons. The van der Waals surface area contributed by atoms with E-state index in [1.54, 1.807) is 26.8 Å². The van der Waals surface area contributed by atoms with E-state index in [2.05, 4.69) is 20.8 Å². The molecular formula is C31H37F3N4O3S2. The van der Waals surface area contributed by atoms with Crippen LogP contribution in [0.5, 0.6) is 0 Å². The van der Waals surface area contributed by atoms with Gasteiger partial charge in [-0.05, 0) is 93.3 Å². The first-order valence-electron chi connectivity index (χ1n) is 13.8. The Kier molecular flexibility index (Phi) is 11.4. The maximum Gasteiger partial charge on any atom is 0.416 e. The topological polar surface area (TPSA) is 93.2 Å². The average molecular weight is 635 g/mol. The summed E-state index contributed by atoms with van der Waals surface area (Å²) in [5.74, 6) is -0.263. The van der Waals surface area contributed by atoms with Gasteiger partial charge in [0, 0.05) is 19.0 Å². The highest BCUT2D eigenvalue weighted by Gasteiger charge is 2.32. The van der Waals surface area contributed by atoms with Crippen LogP contribution in [0.15, 0.2) is 48.5 Å². The second kappa shape index (κ2) is 14.4. The number of nitrogens with zero attached hydrogens (tertiary/aromatic N) is 2. The number of benzene rings is 2. The summed E-state index contributed by atoms with van der Waals surface area (Å²) < 4.78 is 46.7. The number of hydrogen-bond donors (Lipinski definition) is 2. The molecule has 12 heteroatoms. The summed E-state index contributed by atoms with van der Waals surface area (Å²) in [6.45, 7) is 7.07. The van der Waals surface area contributed by atoms with Gasteiger partial charge in [0.2, 0.25) is 5.91 Å². The lowest BCUT2D eigenvalue weighted by molar-refractivity contribution is -0.137. The van der Waals surface area contributed by atoms with Gasteiger partial charge in [-0.1, -0.05) is 41.7 Å². The first-order valence-corrected chi connectivity index (χ1v) is 14.7. The summed E-state index contributed by atoms with van der Waals surface area (Å²) in [7, 11) is 0. The summed E-state index contributed by atoms with van der Waals surface area (Å²) in [5, 5.41) is 14.9. The number of alkyl carbamates (subject to hydrolysis) is 1. The van der Waals surface area contributed by atoms with Crippen molar-refractivity contribution in [3.8, 4) is 10.6 Å². The van der Waals surface area contributed by atoms with E-state index in [-0.39, 0.29) is 19.4 Å². The summed E-state index contributed by atoms with van der Waals surface area (Å²) in [6, 6.07) is 11.0. The van der Waals surface area contributed by atoms with E-state index >= 15 is 0 Å². The quantitative estimate of drug-likeness (QED) is 0.265. The molecule has 0 bridgehead atoms. The van der Waals surface area contributed by atoms with Crippen LogP contribution in [0.4, 0.5) is 18.0 Å². The third-order valence-corrected chi connectivity index (χ3v) is 7.67. The van der Waals surface area contributed by atoms with Gasteiger partial charge in [-0.2, -0.15) is 26.7 Å². The van der Waals surface area contributed by atoms with Crippen molar-refractivity contribution in [1.29, 1.82) is 0 Å². The second-order valence-electron chi connectivity index (χ2n) is 11.3. The van der Waals surface area contributed by atoms with Crippen LogP contribution in [0.2, 0.25) is 0 Å². The molecule has 0 fully saturated rings. The van der Waals surface area contributed by atoms with Crippen LogP contribution in [0.25, 0.3) is 16.1 Å². The van der Waals surface area contributed by atoms with Crippen LogP contribution < -0.4 is 10.6 Å². The summed E-state index contributed by atoms with van der Waals surface area (Å²) in [4.78, 5) is 24.0. The minimum atomic E-state index is -4.50. The number of amides is 2. The molecule has 1 aromatic heterocycles. The van der Waals surface area contributed by atoms with Gasteiger partial charge in [0.15, 0.2) is 0 Å². The lowest BCUT2D eigenvalue weighted by Gasteiger charge is -2.19. The molecule has 1 aliphatic rings. The fourth-order valence-electron chi connectivity index (χ4n) is 4.66. The van der Waals surface area contributed by atoms with Crippen molar-refractivity contribution in [2.75, 3.05) is 0 Å². The largest absolute Gasteiger partial charge is 0.444 e. The monoisotopic (exact) mass is 634 g/mol. The van der Waals surface area contributed by atoms with Gasteiger partial charge in [-0.3, -0.25) is 4.79 Å². The molecule has 0 saturated carbocycles. The molecule has 1 heterocycles. The van der Waals surface area contributed by atoms with Gasteiger partial charge in [-0.15, -0.1) is 10.2 Å². The molecule has 0 saturated heterocycles. The zero-order valence-electron chi connectivity index (χ0n) is 24.6. The number of halogens is 3. The molecule has 1 atom stereocenters. The van der Waals surface area contributed by atoms with Crippen molar-refractivity contribution in [1.82, 2.24) is 20.8 Å². The van der Waals surface area contributed by atoms with Crippen LogP contribution in [0, 0.1) is 0 Å². The third kappa shape index (κ3) is 10.1. The van der Waals surface area contributed by atoms with Gasteiger partial charge < -0.3 is 15.4 Å². The van der Waals surface area contributed by atoms with E-state index in [0.29, 0.717) is 34.1 Å². The zero-order chi connectivity index (χ0) is 30.5. The molecule has 2 N–H and O–H groups in total. The van der Waals surface area contributed by atoms with Gasteiger partial charge >= 0.3 is 12.3 Å². The molecule has 4 rings (SSSR count). The van der Waals surface area contributed by atoms with Crippen LogP contribution in [-0.2, 0) is 28.7 Å². The number of ether oxygens (including phenoxy) is 1. The standard InChI is InChI=1S/C31H35F3N4O3S.H2S/c1-19(39)36-26(14-20-10-12-21(13-11-20)18-35-29(40)41-30(2,3)4)28-38-37-27(42-28)24-15-23(22-8-6-5-7-9-22)16-25(17-24)31(32,33)34;/h8,10-13,15-17,26H,5-7,9,14,18H2,1-4H3,(H,35,40)(H,36,39);1H2/t26-;/m0./s1. The Labute approximate surface area is 260 Å². The number of hydrogen-bond acceptors (Lipinski definition) is 6. The normalized spacial score (nSPS) is 14.3. The second-order valence-corrected chi connectivity index (χ2v) is 12.4. The molecule has 2 aromatic carbocycles. The third-order valence-electron chi connectivity index (χ3n) is 6.58.